The molecule has 0 spiro atoms. The second-order valence-electron chi connectivity index (χ2n) is 6.16. The van der Waals surface area contributed by atoms with Crippen LogP contribution in [0, 0.1) is 0 Å². The number of fused-ring (bicyclic) bond motifs is 1. The van der Waals surface area contributed by atoms with Crippen LogP contribution < -0.4 is 10.1 Å². The molecular weight excluding hydrogens is 274 g/mol. The van der Waals surface area contributed by atoms with Gasteiger partial charge < -0.3 is 9.33 Å². The highest BCUT2D eigenvalue weighted by molar-refractivity contribution is 6.86. The molecule has 2 aromatic rings. The topological polar surface area (TPSA) is 12.5 Å². The van der Waals surface area contributed by atoms with Crippen molar-refractivity contribution in [2.75, 3.05) is 19.0 Å². The Balaban J connectivity index is 2.00. The number of nitrogens with zero attached hydrogens (tertiary/aromatic N) is 1. The van der Waals surface area contributed by atoms with Crippen molar-refractivity contribution < 1.29 is 4.43 Å². The average molecular weight is 297 g/mol. The number of benzene rings is 2. The summed E-state index contributed by atoms with van der Waals surface area (Å²) in [6.45, 7) is 4.58. The Morgan fingerprint density at radius 1 is 1.05 bits per heavy atom. The molecule has 0 saturated heterocycles. The second kappa shape index (κ2) is 5.32. The van der Waals surface area contributed by atoms with Gasteiger partial charge in [0.2, 0.25) is 8.32 Å². The predicted molar refractivity (Wildman–Crippen MR) is 91.9 cm³/mol. The molecule has 0 amide bonds. The van der Waals surface area contributed by atoms with Crippen LogP contribution in [0.25, 0.3) is 0 Å². The Morgan fingerprint density at radius 2 is 1.71 bits per heavy atom. The lowest BCUT2D eigenvalue weighted by atomic mass is 10.0. The summed E-state index contributed by atoms with van der Waals surface area (Å²) in [6, 6.07) is 18.6. The molecule has 0 aromatic heterocycles. The van der Waals surface area contributed by atoms with Gasteiger partial charge in [0.1, 0.15) is 0 Å². The van der Waals surface area contributed by atoms with Crippen molar-refractivity contribution in [3.05, 3.63) is 59.7 Å². The van der Waals surface area contributed by atoms with Gasteiger partial charge in [0.05, 0.1) is 6.10 Å². The Labute approximate surface area is 128 Å². The van der Waals surface area contributed by atoms with Gasteiger partial charge in [0, 0.05) is 19.8 Å². The van der Waals surface area contributed by atoms with Gasteiger partial charge in [-0.15, -0.1) is 0 Å². The van der Waals surface area contributed by atoms with Gasteiger partial charge >= 0.3 is 0 Å². The van der Waals surface area contributed by atoms with Crippen molar-refractivity contribution in [3.63, 3.8) is 0 Å². The van der Waals surface area contributed by atoms with E-state index in [1.54, 1.807) is 0 Å². The Morgan fingerprint density at radius 3 is 2.33 bits per heavy atom. The highest BCUT2D eigenvalue weighted by Crippen LogP contribution is 2.37. The maximum atomic E-state index is 6.58. The lowest BCUT2D eigenvalue weighted by Crippen LogP contribution is -2.42. The summed E-state index contributed by atoms with van der Waals surface area (Å²) in [5.74, 6) is 0. The molecule has 1 aliphatic rings. The van der Waals surface area contributed by atoms with Gasteiger partial charge in [-0.05, 0) is 41.0 Å². The summed E-state index contributed by atoms with van der Waals surface area (Å²) >= 11 is 0. The zero-order chi connectivity index (χ0) is 15.0. The molecule has 2 unspecified atom stereocenters. The van der Waals surface area contributed by atoms with E-state index in [4.69, 9.17) is 4.43 Å². The Kier molecular flexibility index (Phi) is 3.63. The predicted octanol–water partition coefficient (Wildman–Crippen LogP) is 3.67. The lowest BCUT2D eigenvalue weighted by Gasteiger charge is -2.22. The van der Waals surface area contributed by atoms with Crippen molar-refractivity contribution in [2.24, 2.45) is 0 Å². The summed E-state index contributed by atoms with van der Waals surface area (Å²) < 4.78 is 6.58. The molecule has 0 bridgehead atoms. The largest absolute Gasteiger partial charge is 0.402 e. The number of anilines is 1. The smallest absolute Gasteiger partial charge is 0.222 e. The minimum absolute atomic E-state index is 0.106. The van der Waals surface area contributed by atoms with Gasteiger partial charge in [0.25, 0.3) is 0 Å². The van der Waals surface area contributed by atoms with Gasteiger partial charge in [-0.25, -0.2) is 0 Å². The van der Waals surface area contributed by atoms with Crippen LogP contribution in [0.3, 0.4) is 0 Å². The molecule has 0 saturated carbocycles. The average Bonchev–Trinajstić information content (AvgIpc) is 2.82. The van der Waals surface area contributed by atoms with Crippen molar-refractivity contribution in [1.29, 1.82) is 0 Å². The van der Waals surface area contributed by atoms with E-state index >= 15 is 0 Å². The van der Waals surface area contributed by atoms with Crippen molar-refractivity contribution in [1.82, 2.24) is 0 Å². The van der Waals surface area contributed by atoms with E-state index in [0.29, 0.717) is 0 Å². The maximum absolute atomic E-state index is 6.58. The third-order valence-electron chi connectivity index (χ3n) is 4.58. The number of hydrogen-bond donors (Lipinski definition) is 0. The molecule has 1 heterocycles. The van der Waals surface area contributed by atoms with Crippen LogP contribution in [0.1, 0.15) is 24.2 Å². The molecule has 3 rings (SSSR count). The molecule has 0 radical (unpaired) electrons. The van der Waals surface area contributed by atoms with Crippen LogP contribution in [0.5, 0.6) is 0 Å². The first-order valence-electron chi connectivity index (χ1n) is 7.59. The molecule has 110 valence electrons. The molecule has 1 aliphatic heterocycles. The summed E-state index contributed by atoms with van der Waals surface area (Å²) in [7, 11) is 2.36. The van der Waals surface area contributed by atoms with E-state index in [0.717, 1.165) is 6.04 Å². The standard InChI is InChI=1S/C18H23NOSi/c1-5-21(4)17-9-7-6-8-16(17)18(20-21)14-10-12-15(13-11-14)19(2)3/h6-13,18H,5H2,1-4H3. The van der Waals surface area contributed by atoms with Crippen molar-refractivity contribution >= 4 is 19.2 Å². The first kappa shape index (κ1) is 14.4. The van der Waals surface area contributed by atoms with Crippen molar-refractivity contribution in [3.8, 4) is 0 Å². The quantitative estimate of drug-likeness (QED) is 0.801. The highest BCUT2D eigenvalue weighted by atomic mass is 28.4. The molecule has 0 N–H and O–H groups in total. The van der Waals surface area contributed by atoms with E-state index in [2.05, 4.69) is 81.0 Å². The first-order chi connectivity index (χ1) is 10.0. The van der Waals surface area contributed by atoms with E-state index in [1.807, 2.05) is 0 Å². The van der Waals surface area contributed by atoms with E-state index in [1.165, 1.54) is 22.0 Å². The zero-order valence-electron chi connectivity index (χ0n) is 13.3. The van der Waals surface area contributed by atoms with Gasteiger partial charge in [-0.3, -0.25) is 0 Å². The summed E-state index contributed by atoms with van der Waals surface area (Å²) in [6.07, 6.45) is 0.106. The number of hydrogen-bond acceptors (Lipinski definition) is 2. The van der Waals surface area contributed by atoms with Gasteiger partial charge in [0.15, 0.2) is 0 Å². The fourth-order valence-corrected chi connectivity index (χ4v) is 5.79. The van der Waals surface area contributed by atoms with E-state index in [9.17, 15) is 0 Å². The van der Waals surface area contributed by atoms with Crippen molar-refractivity contribution in [2.45, 2.75) is 25.6 Å². The molecule has 2 nitrogen and oxygen atoms in total. The lowest BCUT2D eigenvalue weighted by molar-refractivity contribution is 0.256. The maximum Gasteiger partial charge on any atom is 0.222 e. The highest BCUT2D eigenvalue weighted by Gasteiger charge is 2.42. The van der Waals surface area contributed by atoms with Crippen LogP contribution in [0.2, 0.25) is 12.6 Å². The van der Waals surface area contributed by atoms with Crippen LogP contribution >= 0.6 is 0 Å². The Bertz CT molecular complexity index is 638. The van der Waals surface area contributed by atoms with Gasteiger partial charge in [-0.1, -0.05) is 43.3 Å². The SMILES string of the molecule is CC[Si]1(C)OC(c2ccc(N(C)C)cc2)c2ccccc21. The minimum atomic E-state index is -1.77. The fourth-order valence-electron chi connectivity index (χ4n) is 3.06. The number of rotatable bonds is 3. The molecular formula is C18H23NOSi. The fraction of sp³-hybridized carbons (Fsp3) is 0.333. The Hall–Kier alpha value is -1.58. The zero-order valence-corrected chi connectivity index (χ0v) is 14.3. The molecule has 0 aliphatic carbocycles. The first-order valence-corrected chi connectivity index (χ1v) is 10.2. The van der Waals surface area contributed by atoms with E-state index in [-0.39, 0.29) is 6.10 Å². The monoisotopic (exact) mass is 297 g/mol. The van der Waals surface area contributed by atoms with Crippen LogP contribution in [0.4, 0.5) is 5.69 Å². The third kappa shape index (κ3) is 2.41. The normalized spacial score (nSPS) is 23.9. The van der Waals surface area contributed by atoms with Gasteiger partial charge in [-0.2, -0.15) is 0 Å². The summed E-state index contributed by atoms with van der Waals surface area (Å²) in [4.78, 5) is 2.12. The molecule has 2 atom stereocenters. The summed E-state index contributed by atoms with van der Waals surface area (Å²) in [5.41, 5.74) is 3.85. The molecule has 0 fully saturated rings. The third-order valence-corrected chi connectivity index (χ3v) is 8.28. The van der Waals surface area contributed by atoms with Crippen LogP contribution in [-0.4, -0.2) is 22.4 Å². The van der Waals surface area contributed by atoms with Crippen LogP contribution in [-0.2, 0) is 4.43 Å². The van der Waals surface area contributed by atoms with Crippen LogP contribution in [0.15, 0.2) is 48.5 Å². The molecule has 2 aromatic carbocycles. The summed E-state index contributed by atoms with van der Waals surface area (Å²) in [5, 5.41) is 1.47. The molecule has 21 heavy (non-hydrogen) atoms. The van der Waals surface area contributed by atoms with E-state index < -0.39 is 8.32 Å². The molecule has 3 heteroatoms. The second-order valence-corrected chi connectivity index (χ2v) is 10.1. The minimum Gasteiger partial charge on any atom is -0.402 e.